The Morgan fingerprint density at radius 1 is 1.10 bits per heavy atom. The Morgan fingerprint density at radius 3 is 2.38 bits per heavy atom. The van der Waals surface area contributed by atoms with Crippen molar-refractivity contribution in [3.8, 4) is 5.75 Å². The number of aryl methyl sites for hydroxylation is 2. The van der Waals surface area contributed by atoms with E-state index in [2.05, 4.69) is 4.98 Å². The number of aromatic nitrogens is 1. The molecule has 3 aromatic rings. The Balaban J connectivity index is 1.85. The van der Waals surface area contributed by atoms with Gasteiger partial charge in [-0.15, -0.1) is 0 Å². The Labute approximate surface area is 168 Å². The summed E-state index contributed by atoms with van der Waals surface area (Å²) in [6.07, 6.45) is -1.05. The molecule has 0 saturated carbocycles. The summed E-state index contributed by atoms with van der Waals surface area (Å²) in [6.45, 7) is 8.10. The van der Waals surface area contributed by atoms with E-state index in [0.29, 0.717) is 33.7 Å². The molecule has 152 valence electrons. The summed E-state index contributed by atoms with van der Waals surface area (Å²) in [7, 11) is 1.56. The van der Waals surface area contributed by atoms with Gasteiger partial charge in [-0.05, 0) is 58.4 Å². The third kappa shape index (κ3) is 3.55. The molecular formula is C22H23NO6. The number of ketones is 2. The van der Waals surface area contributed by atoms with Crippen LogP contribution in [0.4, 0.5) is 0 Å². The maximum atomic E-state index is 12.8. The van der Waals surface area contributed by atoms with Crippen LogP contribution in [0.2, 0.25) is 0 Å². The van der Waals surface area contributed by atoms with Crippen LogP contribution in [0, 0.1) is 20.8 Å². The number of carbonyl (C=O) groups is 3. The van der Waals surface area contributed by atoms with Crippen LogP contribution in [-0.4, -0.2) is 35.7 Å². The van der Waals surface area contributed by atoms with Crippen molar-refractivity contribution < 1.29 is 28.3 Å². The van der Waals surface area contributed by atoms with Crippen molar-refractivity contribution in [1.29, 1.82) is 0 Å². The summed E-state index contributed by atoms with van der Waals surface area (Å²) < 4.78 is 16.2. The third-order valence-corrected chi connectivity index (χ3v) is 5.02. The van der Waals surface area contributed by atoms with Gasteiger partial charge in [-0.2, -0.15) is 0 Å². The van der Waals surface area contributed by atoms with Gasteiger partial charge in [0.25, 0.3) is 0 Å². The third-order valence-electron chi connectivity index (χ3n) is 5.02. The fraction of sp³-hybridized carbons (Fsp3) is 0.318. The highest BCUT2D eigenvalue weighted by Crippen LogP contribution is 2.29. The number of furan rings is 1. The number of carbonyl (C=O) groups excluding carboxylic acids is 3. The molecule has 0 radical (unpaired) electrons. The van der Waals surface area contributed by atoms with E-state index in [0.717, 1.165) is 5.39 Å². The van der Waals surface area contributed by atoms with E-state index < -0.39 is 17.9 Å². The molecule has 1 aromatic carbocycles. The van der Waals surface area contributed by atoms with Gasteiger partial charge in [0.15, 0.2) is 11.9 Å². The van der Waals surface area contributed by atoms with Gasteiger partial charge < -0.3 is 18.9 Å². The fourth-order valence-corrected chi connectivity index (χ4v) is 3.52. The molecule has 0 aliphatic rings. The quantitative estimate of drug-likeness (QED) is 0.491. The predicted molar refractivity (Wildman–Crippen MR) is 107 cm³/mol. The smallest absolute Gasteiger partial charge is 0.375 e. The van der Waals surface area contributed by atoms with Gasteiger partial charge in [-0.1, -0.05) is 0 Å². The van der Waals surface area contributed by atoms with Crippen LogP contribution in [0.3, 0.4) is 0 Å². The van der Waals surface area contributed by atoms with E-state index in [1.54, 1.807) is 46.1 Å². The van der Waals surface area contributed by atoms with Gasteiger partial charge >= 0.3 is 5.97 Å². The molecule has 1 N–H and O–H groups in total. The largest absolute Gasteiger partial charge is 0.497 e. The minimum atomic E-state index is -1.05. The van der Waals surface area contributed by atoms with E-state index in [4.69, 9.17) is 13.9 Å². The van der Waals surface area contributed by atoms with Crippen LogP contribution < -0.4 is 4.74 Å². The molecule has 29 heavy (non-hydrogen) atoms. The molecule has 2 heterocycles. The molecule has 0 saturated heterocycles. The van der Waals surface area contributed by atoms with Crippen molar-refractivity contribution in [2.75, 3.05) is 7.11 Å². The summed E-state index contributed by atoms with van der Waals surface area (Å²) >= 11 is 0. The summed E-state index contributed by atoms with van der Waals surface area (Å²) in [5, 5.41) is 0.734. The number of Topliss-reactive ketones (excluding diaryl/α,β-unsaturated/α-hetero) is 2. The number of hydrogen-bond acceptors (Lipinski definition) is 6. The molecular weight excluding hydrogens is 374 g/mol. The number of fused-ring (bicyclic) bond motifs is 1. The zero-order valence-corrected chi connectivity index (χ0v) is 17.3. The second-order valence-electron chi connectivity index (χ2n) is 7.01. The zero-order chi connectivity index (χ0) is 21.5. The Hall–Kier alpha value is -3.35. The highest BCUT2D eigenvalue weighted by Gasteiger charge is 2.28. The molecule has 1 atom stereocenters. The average molecular weight is 397 g/mol. The van der Waals surface area contributed by atoms with Gasteiger partial charge in [0.2, 0.25) is 11.5 Å². The summed E-state index contributed by atoms with van der Waals surface area (Å²) in [5.41, 5.74) is 3.03. The van der Waals surface area contributed by atoms with E-state index >= 15 is 0 Å². The number of hydrogen-bond donors (Lipinski definition) is 1. The zero-order valence-electron chi connectivity index (χ0n) is 17.3. The van der Waals surface area contributed by atoms with Gasteiger partial charge in [-0.3, -0.25) is 9.59 Å². The van der Waals surface area contributed by atoms with Gasteiger partial charge in [0.1, 0.15) is 11.3 Å². The van der Waals surface area contributed by atoms with Crippen LogP contribution >= 0.6 is 0 Å². The number of benzene rings is 1. The molecule has 2 aromatic heterocycles. The first-order chi connectivity index (χ1) is 13.6. The monoisotopic (exact) mass is 397 g/mol. The van der Waals surface area contributed by atoms with Gasteiger partial charge in [-0.25, -0.2) is 4.79 Å². The number of nitrogens with one attached hydrogen (secondary N) is 1. The number of esters is 1. The Morgan fingerprint density at radius 2 is 1.79 bits per heavy atom. The molecule has 3 rings (SSSR count). The normalized spacial score (nSPS) is 12.1. The predicted octanol–water partition coefficient (Wildman–Crippen LogP) is 4.33. The topological polar surface area (TPSA) is 98.6 Å². The molecule has 0 bridgehead atoms. The standard InChI is InChI=1S/C22H23NO6/c1-10-16-9-15(27-6)7-8-17(16)29-21(10)22(26)28-14(5)20(25)19-11(2)18(13(4)24)12(3)23-19/h7-9,14,23H,1-6H3/t14-/m0/s1. The first-order valence-electron chi connectivity index (χ1n) is 9.18. The van der Waals surface area contributed by atoms with Crippen molar-refractivity contribution in [3.05, 3.63) is 52.0 Å². The van der Waals surface area contributed by atoms with Crippen molar-refractivity contribution >= 4 is 28.5 Å². The molecule has 7 heteroatoms. The summed E-state index contributed by atoms with van der Waals surface area (Å²) in [5.74, 6) is -0.596. The maximum Gasteiger partial charge on any atom is 0.375 e. The highest BCUT2D eigenvalue weighted by atomic mass is 16.6. The van der Waals surface area contributed by atoms with Crippen LogP contribution in [0.5, 0.6) is 5.75 Å². The van der Waals surface area contributed by atoms with Crippen molar-refractivity contribution in [3.63, 3.8) is 0 Å². The minimum absolute atomic E-state index is 0.0386. The fourth-order valence-electron chi connectivity index (χ4n) is 3.52. The SMILES string of the molecule is COc1ccc2oc(C(=O)O[C@@H](C)C(=O)c3[nH]c(C)c(C(C)=O)c3C)c(C)c2c1. The summed E-state index contributed by atoms with van der Waals surface area (Å²) in [4.78, 5) is 40.2. The van der Waals surface area contributed by atoms with Crippen molar-refractivity contribution in [2.45, 2.75) is 40.7 Å². The molecule has 0 fully saturated rings. The van der Waals surface area contributed by atoms with Gasteiger partial charge in [0.05, 0.1) is 12.8 Å². The van der Waals surface area contributed by atoms with E-state index in [9.17, 15) is 14.4 Å². The molecule has 0 spiro atoms. The summed E-state index contributed by atoms with van der Waals surface area (Å²) in [6, 6.07) is 5.21. The second kappa shape index (κ2) is 7.58. The highest BCUT2D eigenvalue weighted by molar-refractivity contribution is 6.06. The van der Waals surface area contributed by atoms with Crippen molar-refractivity contribution in [2.24, 2.45) is 0 Å². The van der Waals surface area contributed by atoms with Crippen LogP contribution in [-0.2, 0) is 4.74 Å². The first kappa shape index (κ1) is 20.4. The lowest BCUT2D eigenvalue weighted by Crippen LogP contribution is -2.25. The molecule has 0 amide bonds. The molecule has 0 unspecified atom stereocenters. The van der Waals surface area contributed by atoms with Crippen molar-refractivity contribution in [1.82, 2.24) is 4.98 Å². The molecule has 0 aliphatic heterocycles. The van der Waals surface area contributed by atoms with E-state index in [1.165, 1.54) is 13.8 Å². The van der Waals surface area contributed by atoms with Crippen LogP contribution in [0.15, 0.2) is 22.6 Å². The number of rotatable bonds is 6. The minimum Gasteiger partial charge on any atom is -0.497 e. The van der Waals surface area contributed by atoms with Crippen LogP contribution in [0.25, 0.3) is 11.0 Å². The maximum absolute atomic E-state index is 12.8. The average Bonchev–Trinajstić information content (AvgIpc) is 3.16. The molecule has 0 aliphatic carbocycles. The van der Waals surface area contributed by atoms with Crippen LogP contribution in [0.1, 0.15) is 62.1 Å². The number of aromatic amines is 1. The Bertz CT molecular complexity index is 1130. The first-order valence-corrected chi connectivity index (χ1v) is 9.18. The number of methoxy groups -OCH3 is 1. The lowest BCUT2D eigenvalue weighted by Gasteiger charge is -2.11. The number of H-pyrrole nitrogens is 1. The lowest BCUT2D eigenvalue weighted by molar-refractivity contribution is 0.0288. The lowest BCUT2D eigenvalue weighted by atomic mass is 10.0. The van der Waals surface area contributed by atoms with E-state index in [-0.39, 0.29) is 17.2 Å². The van der Waals surface area contributed by atoms with E-state index in [1.807, 2.05) is 0 Å². The Kier molecular flexibility index (Phi) is 5.33. The van der Waals surface area contributed by atoms with Gasteiger partial charge in [0, 0.05) is 22.2 Å². The molecule has 7 nitrogen and oxygen atoms in total. The second-order valence-corrected chi connectivity index (χ2v) is 7.01. The number of ether oxygens (including phenoxy) is 2.